The maximum absolute atomic E-state index is 12.5. The number of ketones is 2. The zero-order valence-corrected chi connectivity index (χ0v) is 16.5. The molecule has 0 heterocycles. The molecule has 1 aromatic carbocycles. The van der Waals surface area contributed by atoms with Crippen LogP contribution in [0.15, 0.2) is 23.4 Å². The molecule has 0 aromatic heterocycles. The van der Waals surface area contributed by atoms with Gasteiger partial charge in [-0.05, 0) is 37.5 Å². The van der Waals surface area contributed by atoms with E-state index in [2.05, 4.69) is 12.1 Å². The van der Waals surface area contributed by atoms with Crippen LogP contribution in [0.2, 0.25) is 0 Å². The predicted octanol–water partition coefficient (Wildman–Crippen LogP) is 4.35. The van der Waals surface area contributed by atoms with Gasteiger partial charge in [0, 0.05) is 5.56 Å². The van der Waals surface area contributed by atoms with Crippen LogP contribution in [0.4, 0.5) is 0 Å². The molecule has 0 saturated heterocycles. The standard InChI is InChI=1S/C21H27NO5/c1-5-7-8-9-15(22-27-12-6-2)14-13-18(25-3)19-16(23)10-11-17(24)20(19)21(14)26-4/h10-11,13H,5-9,12H2,1-4H3. The number of rotatable bonds is 10. The Labute approximate surface area is 160 Å². The first-order valence-electron chi connectivity index (χ1n) is 9.33. The van der Waals surface area contributed by atoms with Crippen molar-refractivity contribution in [1.82, 2.24) is 0 Å². The fourth-order valence-corrected chi connectivity index (χ4v) is 3.01. The van der Waals surface area contributed by atoms with Crippen LogP contribution in [0, 0.1) is 0 Å². The van der Waals surface area contributed by atoms with Crippen LogP contribution < -0.4 is 9.47 Å². The number of fused-ring (bicyclic) bond motifs is 1. The Balaban J connectivity index is 2.62. The van der Waals surface area contributed by atoms with E-state index in [0.29, 0.717) is 35.8 Å². The molecular formula is C21H27NO5. The number of benzene rings is 1. The molecule has 27 heavy (non-hydrogen) atoms. The number of oxime groups is 1. The molecule has 0 radical (unpaired) electrons. The topological polar surface area (TPSA) is 74.2 Å². The van der Waals surface area contributed by atoms with Gasteiger partial charge in [0.25, 0.3) is 0 Å². The van der Waals surface area contributed by atoms with E-state index in [0.717, 1.165) is 25.7 Å². The smallest absolute Gasteiger partial charge is 0.190 e. The summed E-state index contributed by atoms with van der Waals surface area (Å²) in [6.45, 7) is 4.64. The lowest BCUT2D eigenvalue weighted by molar-refractivity contribution is 0.0989. The lowest BCUT2D eigenvalue weighted by Crippen LogP contribution is -2.18. The Morgan fingerprint density at radius 2 is 1.67 bits per heavy atom. The van der Waals surface area contributed by atoms with Crippen LogP contribution in [0.25, 0.3) is 0 Å². The van der Waals surface area contributed by atoms with E-state index in [4.69, 9.17) is 14.3 Å². The lowest BCUT2D eigenvalue weighted by atomic mass is 9.88. The molecule has 0 aliphatic heterocycles. The average molecular weight is 373 g/mol. The number of ether oxygens (including phenoxy) is 2. The molecule has 146 valence electrons. The van der Waals surface area contributed by atoms with Gasteiger partial charge in [-0.1, -0.05) is 31.8 Å². The van der Waals surface area contributed by atoms with Crippen molar-refractivity contribution in [3.8, 4) is 11.5 Å². The zero-order chi connectivity index (χ0) is 19.8. The van der Waals surface area contributed by atoms with Crippen LogP contribution in [0.5, 0.6) is 11.5 Å². The van der Waals surface area contributed by atoms with Gasteiger partial charge in [-0.3, -0.25) is 9.59 Å². The van der Waals surface area contributed by atoms with Crippen molar-refractivity contribution in [2.24, 2.45) is 5.16 Å². The first-order valence-corrected chi connectivity index (χ1v) is 9.33. The Kier molecular flexibility index (Phi) is 7.58. The highest BCUT2D eigenvalue weighted by Crippen LogP contribution is 2.38. The molecule has 0 unspecified atom stereocenters. The van der Waals surface area contributed by atoms with E-state index < -0.39 is 0 Å². The monoisotopic (exact) mass is 373 g/mol. The van der Waals surface area contributed by atoms with E-state index in [1.54, 1.807) is 6.07 Å². The molecule has 6 nitrogen and oxygen atoms in total. The Morgan fingerprint density at radius 1 is 0.963 bits per heavy atom. The summed E-state index contributed by atoms with van der Waals surface area (Å²) >= 11 is 0. The highest BCUT2D eigenvalue weighted by molar-refractivity contribution is 6.25. The first-order chi connectivity index (χ1) is 13.1. The van der Waals surface area contributed by atoms with Crippen molar-refractivity contribution in [2.45, 2.75) is 46.0 Å². The van der Waals surface area contributed by atoms with Crippen molar-refractivity contribution in [1.29, 1.82) is 0 Å². The summed E-state index contributed by atoms with van der Waals surface area (Å²) in [6, 6.07) is 1.71. The summed E-state index contributed by atoms with van der Waals surface area (Å²) in [4.78, 5) is 30.3. The number of hydrogen-bond donors (Lipinski definition) is 0. The molecule has 1 aliphatic rings. The predicted molar refractivity (Wildman–Crippen MR) is 104 cm³/mol. The minimum absolute atomic E-state index is 0.220. The Hall–Kier alpha value is -2.63. The quantitative estimate of drug-likeness (QED) is 0.346. The van der Waals surface area contributed by atoms with Gasteiger partial charge in [0.2, 0.25) is 0 Å². The molecule has 0 bridgehead atoms. The van der Waals surface area contributed by atoms with Crippen LogP contribution in [-0.4, -0.2) is 38.1 Å². The van der Waals surface area contributed by atoms with E-state index in [-0.39, 0.29) is 22.7 Å². The summed E-state index contributed by atoms with van der Waals surface area (Å²) in [5, 5.41) is 4.30. The third kappa shape index (κ3) is 4.56. The lowest BCUT2D eigenvalue weighted by Gasteiger charge is -2.20. The number of hydrogen-bond acceptors (Lipinski definition) is 6. The molecule has 0 fully saturated rings. The second kappa shape index (κ2) is 9.90. The molecule has 0 saturated carbocycles. The molecule has 0 amide bonds. The maximum Gasteiger partial charge on any atom is 0.190 e. The van der Waals surface area contributed by atoms with Crippen LogP contribution in [0.1, 0.15) is 72.2 Å². The Morgan fingerprint density at radius 3 is 2.26 bits per heavy atom. The van der Waals surface area contributed by atoms with Crippen LogP contribution >= 0.6 is 0 Å². The van der Waals surface area contributed by atoms with E-state index in [1.807, 2.05) is 6.92 Å². The van der Waals surface area contributed by atoms with Gasteiger partial charge >= 0.3 is 0 Å². The van der Waals surface area contributed by atoms with Crippen molar-refractivity contribution in [3.05, 3.63) is 34.9 Å². The number of unbranched alkanes of at least 4 members (excludes halogenated alkanes) is 2. The second-order valence-corrected chi connectivity index (χ2v) is 6.30. The molecule has 0 N–H and O–H groups in total. The molecule has 1 aliphatic carbocycles. The van der Waals surface area contributed by atoms with Crippen molar-refractivity contribution in [2.75, 3.05) is 20.8 Å². The summed E-state index contributed by atoms with van der Waals surface area (Å²) in [5.74, 6) is 0.105. The SMILES string of the molecule is CCCCCC(=NOCCC)c1cc(OC)c2c(c1OC)C(=O)C=CC2=O. The number of methoxy groups -OCH3 is 2. The minimum Gasteiger partial charge on any atom is -0.496 e. The second-order valence-electron chi connectivity index (χ2n) is 6.30. The Bertz CT molecular complexity index is 764. The summed E-state index contributed by atoms with van der Waals surface area (Å²) in [5.41, 5.74) is 1.76. The minimum atomic E-state index is -0.288. The van der Waals surface area contributed by atoms with Gasteiger partial charge in [0.15, 0.2) is 11.6 Å². The molecule has 2 rings (SSSR count). The van der Waals surface area contributed by atoms with E-state index in [9.17, 15) is 9.59 Å². The summed E-state index contributed by atoms with van der Waals surface area (Å²) in [6.07, 6.45) is 7.09. The van der Waals surface area contributed by atoms with E-state index >= 15 is 0 Å². The number of carbonyl (C=O) groups excluding carboxylic acids is 2. The molecule has 1 aromatic rings. The van der Waals surface area contributed by atoms with Crippen LogP contribution in [0.3, 0.4) is 0 Å². The van der Waals surface area contributed by atoms with Crippen molar-refractivity contribution in [3.63, 3.8) is 0 Å². The summed E-state index contributed by atoms with van der Waals surface area (Å²) in [7, 11) is 2.96. The number of nitrogens with zero attached hydrogens (tertiary/aromatic N) is 1. The number of carbonyl (C=O) groups is 2. The molecule has 0 spiro atoms. The molecule has 0 atom stereocenters. The third-order valence-corrected chi connectivity index (χ3v) is 4.34. The average Bonchev–Trinajstić information content (AvgIpc) is 2.68. The van der Waals surface area contributed by atoms with Crippen LogP contribution in [-0.2, 0) is 4.84 Å². The number of allylic oxidation sites excluding steroid dienone is 2. The zero-order valence-electron chi connectivity index (χ0n) is 16.5. The highest BCUT2D eigenvalue weighted by atomic mass is 16.6. The van der Waals surface area contributed by atoms with E-state index in [1.165, 1.54) is 26.4 Å². The fraction of sp³-hybridized carbons (Fsp3) is 0.476. The van der Waals surface area contributed by atoms with Gasteiger partial charge in [0.05, 0.1) is 31.1 Å². The first kappa shape index (κ1) is 20.7. The fourth-order valence-electron chi connectivity index (χ4n) is 3.01. The normalized spacial score (nSPS) is 13.6. The maximum atomic E-state index is 12.5. The van der Waals surface area contributed by atoms with Gasteiger partial charge in [-0.2, -0.15) is 0 Å². The van der Waals surface area contributed by atoms with Gasteiger partial charge in [-0.15, -0.1) is 0 Å². The largest absolute Gasteiger partial charge is 0.496 e. The van der Waals surface area contributed by atoms with Crippen molar-refractivity contribution < 1.29 is 23.9 Å². The molecule has 6 heteroatoms. The van der Waals surface area contributed by atoms with Gasteiger partial charge in [0.1, 0.15) is 18.1 Å². The third-order valence-electron chi connectivity index (χ3n) is 4.34. The summed E-state index contributed by atoms with van der Waals surface area (Å²) < 4.78 is 11.0. The molecular weight excluding hydrogens is 346 g/mol. The van der Waals surface area contributed by atoms with Gasteiger partial charge < -0.3 is 14.3 Å². The highest BCUT2D eigenvalue weighted by Gasteiger charge is 2.31. The van der Waals surface area contributed by atoms with Gasteiger partial charge in [-0.25, -0.2) is 0 Å². The van der Waals surface area contributed by atoms with Crippen molar-refractivity contribution >= 4 is 17.3 Å².